The van der Waals surface area contributed by atoms with Crippen molar-refractivity contribution in [3.63, 3.8) is 0 Å². The summed E-state index contributed by atoms with van der Waals surface area (Å²) in [5, 5.41) is 13.6. The number of ether oxygens (including phenoxy) is 1. The fourth-order valence-corrected chi connectivity index (χ4v) is 1.20. The second kappa shape index (κ2) is 7.60. The number of amides is 2. The fraction of sp³-hybridized carbons (Fsp3) is 0.750. The first-order valence-corrected chi connectivity index (χ1v) is 6.14. The zero-order valence-electron chi connectivity index (χ0n) is 11.8. The molecule has 110 valence electrons. The van der Waals surface area contributed by atoms with Crippen LogP contribution in [0.25, 0.3) is 0 Å². The monoisotopic (exact) mass is 274 g/mol. The summed E-state index contributed by atoms with van der Waals surface area (Å²) in [5.41, 5.74) is -0.690. The quantitative estimate of drug-likeness (QED) is 0.624. The maximum Gasteiger partial charge on any atom is 0.326 e. The summed E-state index contributed by atoms with van der Waals surface area (Å²) in [6, 6.07) is -1.91. The molecular weight excluding hydrogens is 252 g/mol. The number of carbonyl (C=O) groups is 3. The number of esters is 1. The number of carbonyl (C=O) groups excluding carboxylic acids is 2. The van der Waals surface area contributed by atoms with Crippen molar-refractivity contribution in [3.8, 4) is 0 Å². The molecule has 0 aliphatic carbocycles. The lowest BCUT2D eigenvalue weighted by Crippen LogP contribution is -2.47. The molecule has 0 radical (unpaired) electrons. The van der Waals surface area contributed by atoms with E-state index in [1.807, 2.05) is 6.92 Å². The van der Waals surface area contributed by atoms with Gasteiger partial charge < -0.3 is 20.5 Å². The van der Waals surface area contributed by atoms with Crippen LogP contribution in [0, 0.1) is 0 Å². The Labute approximate surface area is 112 Å². The molecule has 0 spiro atoms. The summed E-state index contributed by atoms with van der Waals surface area (Å²) in [4.78, 5) is 33.8. The van der Waals surface area contributed by atoms with Gasteiger partial charge in [0, 0.05) is 6.54 Å². The van der Waals surface area contributed by atoms with Gasteiger partial charge in [0.05, 0.1) is 6.42 Å². The van der Waals surface area contributed by atoms with Crippen LogP contribution in [-0.4, -0.2) is 41.3 Å². The van der Waals surface area contributed by atoms with E-state index in [4.69, 9.17) is 9.84 Å². The summed E-state index contributed by atoms with van der Waals surface area (Å²) in [6.07, 6.45) is 0.323. The minimum absolute atomic E-state index is 0.411. The van der Waals surface area contributed by atoms with E-state index in [0.717, 1.165) is 6.42 Å². The normalized spacial score (nSPS) is 12.4. The summed E-state index contributed by atoms with van der Waals surface area (Å²) in [5.74, 6) is -1.95. The highest BCUT2D eigenvalue weighted by Crippen LogP contribution is 2.09. The van der Waals surface area contributed by atoms with Gasteiger partial charge in [-0.3, -0.25) is 4.79 Å². The Morgan fingerprint density at radius 1 is 1.26 bits per heavy atom. The Kier molecular flexibility index (Phi) is 6.89. The third-order valence-corrected chi connectivity index (χ3v) is 1.93. The topological polar surface area (TPSA) is 105 Å². The Balaban J connectivity index is 4.38. The zero-order valence-corrected chi connectivity index (χ0v) is 11.8. The summed E-state index contributed by atoms with van der Waals surface area (Å²) >= 11 is 0. The first-order valence-electron chi connectivity index (χ1n) is 6.14. The number of rotatable bonds is 6. The molecule has 0 heterocycles. The highest BCUT2D eigenvalue weighted by atomic mass is 16.6. The van der Waals surface area contributed by atoms with Gasteiger partial charge in [-0.25, -0.2) is 9.59 Å². The van der Waals surface area contributed by atoms with Gasteiger partial charge in [0.1, 0.15) is 11.6 Å². The number of aliphatic carboxylic acids is 1. The van der Waals surface area contributed by atoms with Gasteiger partial charge in [0.25, 0.3) is 0 Å². The largest absolute Gasteiger partial charge is 0.480 e. The lowest BCUT2D eigenvalue weighted by Gasteiger charge is -2.21. The van der Waals surface area contributed by atoms with Crippen LogP contribution in [0.4, 0.5) is 4.79 Å². The number of urea groups is 1. The smallest absolute Gasteiger partial charge is 0.326 e. The van der Waals surface area contributed by atoms with E-state index in [-0.39, 0.29) is 0 Å². The average molecular weight is 274 g/mol. The zero-order chi connectivity index (χ0) is 15.1. The van der Waals surface area contributed by atoms with Crippen LogP contribution in [0.2, 0.25) is 0 Å². The van der Waals surface area contributed by atoms with E-state index in [1.165, 1.54) is 0 Å². The van der Waals surface area contributed by atoms with Crippen molar-refractivity contribution in [2.75, 3.05) is 6.54 Å². The molecule has 0 aromatic heterocycles. The molecule has 0 aromatic carbocycles. The predicted molar refractivity (Wildman–Crippen MR) is 68.7 cm³/mol. The molecular formula is C12H22N2O5. The number of carboxylic acid groups (broad SMARTS) is 1. The van der Waals surface area contributed by atoms with Crippen molar-refractivity contribution >= 4 is 18.0 Å². The van der Waals surface area contributed by atoms with Crippen LogP contribution in [0.3, 0.4) is 0 Å². The standard InChI is InChI=1S/C12H22N2O5/c1-5-6-13-11(18)14-8(10(16)17)7-9(15)19-12(2,3)4/h8H,5-7H2,1-4H3,(H,16,17)(H2,13,14,18)/t8-/m0/s1. The number of hydrogen-bond donors (Lipinski definition) is 3. The highest BCUT2D eigenvalue weighted by Gasteiger charge is 2.26. The maximum atomic E-state index is 11.5. The number of hydrogen-bond acceptors (Lipinski definition) is 4. The van der Waals surface area contributed by atoms with Gasteiger partial charge in [-0.2, -0.15) is 0 Å². The average Bonchev–Trinajstić information content (AvgIpc) is 2.22. The Morgan fingerprint density at radius 3 is 2.26 bits per heavy atom. The van der Waals surface area contributed by atoms with E-state index in [0.29, 0.717) is 6.54 Å². The molecule has 0 aliphatic heterocycles. The molecule has 2 amide bonds. The molecule has 3 N–H and O–H groups in total. The van der Waals surface area contributed by atoms with Gasteiger partial charge >= 0.3 is 18.0 Å². The third kappa shape index (κ3) is 8.87. The molecule has 7 nitrogen and oxygen atoms in total. The molecule has 0 bridgehead atoms. The molecule has 0 fully saturated rings. The fourth-order valence-electron chi connectivity index (χ4n) is 1.20. The Hall–Kier alpha value is -1.79. The van der Waals surface area contributed by atoms with Crippen LogP contribution in [-0.2, 0) is 14.3 Å². The van der Waals surface area contributed by atoms with E-state index >= 15 is 0 Å². The van der Waals surface area contributed by atoms with Crippen molar-refractivity contribution in [2.45, 2.75) is 52.2 Å². The maximum absolute atomic E-state index is 11.5. The van der Waals surface area contributed by atoms with Gasteiger partial charge in [0.15, 0.2) is 0 Å². The minimum Gasteiger partial charge on any atom is -0.480 e. The van der Waals surface area contributed by atoms with Gasteiger partial charge in [-0.05, 0) is 27.2 Å². The Morgan fingerprint density at radius 2 is 1.84 bits per heavy atom. The first kappa shape index (κ1) is 17.2. The van der Waals surface area contributed by atoms with E-state index in [9.17, 15) is 14.4 Å². The van der Waals surface area contributed by atoms with Gasteiger partial charge in [-0.15, -0.1) is 0 Å². The molecule has 19 heavy (non-hydrogen) atoms. The highest BCUT2D eigenvalue weighted by molar-refractivity contribution is 5.86. The van der Waals surface area contributed by atoms with Crippen LogP contribution in [0.5, 0.6) is 0 Å². The molecule has 0 unspecified atom stereocenters. The van der Waals surface area contributed by atoms with E-state index < -0.39 is 36.0 Å². The van der Waals surface area contributed by atoms with Crippen molar-refractivity contribution < 1.29 is 24.2 Å². The molecule has 7 heteroatoms. The van der Waals surface area contributed by atoms with Crippen LogP contribution < -0.4 is 10.6 Å². The van der Waals surface area contributed by atoms with Gasteiger partial charge in [0.2, 0.25) is 0 Å². The predicted octanol–water partition coefficient (Wildman–Crippen LogP) is 0.881. The second-order valence-electron chi connectivity index (χ2n) is 5.08. The summed E-state index contributed by atoms with van der Waals surface area (Å²) < 4.78 is 5.01. The molecule has 0 saturated heterocycles. The van der Waals surface area contributed by atoms with Crippen molar-refractivity contribution in [1.82, 2.24) is 10.6 Å². The molecule has 0 saturated carbocycles. The molecule has 0 rings (SSSR count). The third-order valence-electron chi connectivity index (χ3n) is 1.93. The van der Waals surface area contributed by atoms with Crippen LogP contribution in [0.15, 0.2) is 0 Å². The SMILES string of the molecule is CCCNC(=O)N[C@@H](CC(=O)OC(C)(C)C)C(=O)O. The summed E-state index contributed by atoms with van der Waals surface area (Å²) in [6.45, 7) is 7.35. The lowest BCUT2D eigenvalue weighted by atomic mass is 10.1. The van der Waals surface area contributed by atoms with Crippen molar-refractivity contribution in [3.05, 3.63) is 0 Å². The molecule has 1 atom stereocenters. The van der Waals surface area contributed by atoms with E-state index in [2.05, 4.69) is 10.6 Å². The van der Waals surface area contributed by atoms with Crippen LogP contribution in [0.1, 0.15) is 40.5 Å². The van der Waals surface area contributed by atoms with Crippen molar-refractivity contribution in [2.24, 2.45) is 0 Å². The van der Waals surface area contributed by atoms with E-state index in [1.54, 1.807) is 20.8 Å². The second-order valence-corrected chi connectivity index (χ2v) is 5.08. The molecule has 0 aromatic rings. The molecule has 0 aliphatic rings. The van der Waals surface area contributed by atoms with Gasteiger partial charge in [-0.1, -0.05) is 6.92 Å². The minimum atomic E-state index is -1.30. The summed E-state index contributed by atoms with van der Waals surface area (Å²) in [7, 11) is 0. The number of carboxylic acids is 1. The van der Waals surface area contributed by atoms with Crippen molar-refractivity contribution in [1.29, 1.82) is 0 Å². The first-order chi connectivity index (χ1) is 8.65. The number of nitrogens with one attached hydrogen (secondary N) is 2. The Bertz CT molecular complexity index is 336. The lowest BCUT2D eigenvalue weighted by molar-refractivity contribution is -0.158. The van der Waals surface area contributed by atoms with Crippen LogP contribution >= 0.6 is 0 Å².